The highest BCUT2D eigenvalue weighted by Gasteiger charge is 2.11. The summed E-state index contributed by atoms with van der Waals surface area (Å²) in [7, 11) is 0. The highest BCUT2D eigenvalue weighted by molar-refractivity contribution is 5.70. The Labute approximate surface area is 104 Å². The van der Waals surface area contributed by atoms with Gasteiger partial charge in [0.05, 0.1) is 5.52 Å². The van der Waals surface area contributed by atoms with Crippen molar-refractivity contribution in [3.63, 3.8) is 0 Å². The van der Waals surface area contributed by atoms with Gasteiger partial charge in [0.15, 0.2) is 5.69 Å². The van der Waals surface area contributed by atoms with E-state index in [1.165, 1.54) is 0 Å². The van der Waals surface area contributed by atoms with Crippen molar-refractivity contribution in [3.05, 3.63) is 54.4 Å². The van der Waals surface area contributed by atoms with Crippen LogP contribution in [-0.4, -0.2) is 9.38 Å². The van der Waals surface area contributed by atoms with Crippen molar-refractivity contribution in [2.24, 2.45) is 0 Å². The molecule has 3 rings (SSSR count). The van der Waals surface area contributed by atoms with Gasteiger partial charge in [0.25, 0.3) is 0 Å². The molecule has 3 aromatic rings. The number of nitrogens with two attached hydrogens (primary N) is 1. The van der Waals surface area contributed by atoms with Crippen molar-refractivity contribution >= 4 is 11.2 Å². The van der Waals surface area contributed by atoms with Gasteiger partial charge in [-0.25, -0.2) is 4.98 Å². The summed E-state index contributed by atoms with van der Waals surface area (Å²) in [5.41, 5.74) is 8.58. The molecule has 4 nitrogen and oxygen atoms in total. The summed E-state index contributed by atoms with van der Waals surface area (Å²) in [5.74, 6) is 0.731. The minimum atomic E-state index is 0.424. The van der Waals surface area contributed by atoms with Gasteiger partial charge >= 0.3 is 0 Å². The molecule has 0 aliphatic rings. The van der Waals surface area contributed by atoms with Gasteiger partial charge in [-0.2, -0.15) is 5.26 Å². The van der Waals surface area contributed by atoms with E-state index in [2.05, 4.69) is 11.1 Å². The van der Waals surface area contributed by atoms with Crippen LogP contribution in [0.2, 0.25) is 0 Å². The van der Waals surface area contributed by atoms with Crippen LogP contribution in [-0.2, 0) is 0 Å². The van der Waals surface area contributed by atoms with Crippen LogP contribution >= 0.6 is 0 Å². The molecule has 0 fully saturated rings. The summed E-state index contributed by atoms with van der Waals surface area (Å²) in [4.78, 5) is 4.37. The van der Waals surface area contributed by atoms with E-state index >= 15 is 0 Å². The summed E-state index contributed by atoms with van der Waals surface area (Å²) in [6.07, 6.45) is 1.89. The second-order valence-corrected chi connectivity index (χ2v) is 3.98. The van der Waals surface area contributed by atoms with E-state index in [1.54, 1.807) is 0 Å². The number of aromatic nitrogens is 2. The lowest BCUT2D eigenvalue weighted by molar-refractivity contribution is 1.16. The topological polar surface area (TPSA) is 67.1 Å². The third kappa shape index (κ3) is 1.50. The molecule has 0 aliphatic heterocycles. The van der Waals surface area contributed by atoms with Crippen LogP contribution in [0.3, 0.4) is 0 Å². The fourth-order valence-corrected chi connectivity index (χ4v) is 2.00. The third-order valence-corrected chi connectivity index (χ3v) is 2.80. The zero-order chi connectivity index (χ0) is 12.5. The first-order valence-corrected chi connectivity index (χ1v) is 5.52. The van der Waals surface area contributed by atoms with E-state index in [0.29, 0.717) is 11.4 Å². The van der Waals surface area contributed by atoms with Crippen molar-refractivity contribution in [2.75, 3.05) is 5.73 Å². The summed E-state index contributed by atoms with van der Waals surface area (Å²) in [6, 6.07) is 15.3. The average Bonchev–Trinajstić information content (AvgIpc) is 2.77. The van der Waals surface area contributed by atoms with Crippen molar-refractivity contribution in [3.8, 4) is 17.5 Å². The first kappa shape index (κ1) is 10.4. The number of nitriles is 1. The SMILES string of the molecule is N#Cc1nc(-c2cccc(N)c2)n2ccccc12. The molecule has 0 unspecified atom stereocenters. The number of benzene rings is 1. The number of imidazole rings is 1. The molecule has 0 amide bonds. The molecular formula is C14H10N4. The lowest BCUT2D eigenvalue weighted by atomic mass is 10.2. The number of hydrogen-bond acceptors (Lipinski definition) is 3. The van der Waals surface area contributed by atoms with Crippen LogP contribution in [0, 0.1) is 11.3 Å². The summed E-state index contributed by atoms with van der Waals surface area (Å²) >= 11 is 0. The maximum atomic E-state index is 9.10. The Balaban J connectivity index is 2.34. The Kier molecular flexibility index (Phi) is 2.24. The van der Waals surface area contributed by atoms with E-state index in [0.717, 1.165) is 16.9 Å². The largest absolute Gasteiger partial charge is 0.399 e. The Bertz CT molecular complexity index is 765. The van der Waals surface area contributed by atoms with Gasteiger partial charge in [-0.3, -0.25) is 4.40 Å². The van der Waals surface area contributed by atoms with Crippen molar-refractivity contribution in [2.45, 2.75) is 0 Å². The molecule has 86 valence electrons. The third-order valence-electron chi connectivity index (χ3n) is 2.80. The van der Waals surface area contributed by atoms with Gasteiger partial charge in [-0.05, 0) is 24.3 Å². The Hall–Kier alpha value is -2.80. The highest BCUT2D eigenvalue weighted by atomic mass is 15.0. The number of nitrogens with zero attached hydrogens (tertiary/aromatic N) is 3. The number of anilines is 1. The fraction of sp³-hybridized carbons (Fsp3) is 0. The first-order valence-electron chi connectivity index (χ1n) is 5.52. The quantitative estimate of drug-likeness (QED) is 0.657. The van der Waals surface area contributed by atoms with Gasteiger partial charge in [0.1, 0.15) is 11.9 Å². The summed E-state index contributed by atoms with van der Waals surface area (Å²) in [5, 5.41) is 9.10. The first-order chi connectivity index (χ1) is 8.79. The molecule has 0 saturated carbocycles. The minimum Gasteiger partial charge on any atom is -0.399 e. The van der Waals surface area contributed by atoms with E-state index in [1.807, 2.05) is 53.1 Å². The smallest absolute Gasteiger partial charge is 0.166 e. The summed E-state index contributed by atoms with van der Waals surface area (Å²) in [6.45, 7) is 0. The van der Waals surface area contributed by atoms with Crippen LogP contribution < -0.4 is 5.73 Å². The van der Waals surface area contributed by atoms with Gasteiger partial charge < -0.3 is 5.73 Å². The van der Waals surface area contributed by atoms with Crippen LogP contribution in [0.1, 0.15) is 5.69 Å². The van der Waals surface area contributed by atoms with Gasteiger partial charge in [-0.15, -0.1) is 0 Å². The Morgan fingerprint density at radius 2 is 2.06 bits per heavy atom. The lowest BCUT2D eigenvalue weighted by Gasteiger charge is -2.01. The maximum absolute atomic E-state index is 9.10. The van der Waals surface area contributed by atoms with Crippen molar-refractivity contribution < 1.29 is 0 Å². The van der Waals surface area contributed by atoms with E-state index in [-0.39, 0.29) is 0 Å². The monoisotopic (exact) mass is 234 g/mol. The molecule has 0 spiro atoms. The zero-order valence-electron chi connectivity index (χ0n) is 9.54. The highest BCUT2D eigenvalue weighted by Crippen LogP contribution is 2.23. The molecule has 4 heteroatoms. The predicted molar refractivity (Wildman–Crippen MR) is 69.8 cm³/mol. The van der Waals surface area contributed by atoms with Crippen molar-refractivity contribution in [1.82, 2.24) is 9.38 Å². The fourth-order valence-electron chi connectivity index (χ4n) is 2.00. The molecule has 0 radical (unpaired) electrons. The van der Waals surface area contributed by atoms with E-state index in [4.69, 9.17) is 11.0 Å². The number of nitrogen functional groups attached to an aromatic ring is 1. The number of hydrogen-bond donors (Lipinski definition) is 1. The van der Waals surface area contributed by atoms with Crippen molar-refractivity contribution in [1.29, 1.82) is 5.26 Å². The molecule has 1 aromatic carbocycles. The Morgan fingerprint density at radius 1 is 1.17 bits per heavy atom. The molecule has 2 heterocycles. The maximum Gasteiger partial charge on any atom is 0.166 e. The standard InChI is InChI=1S/C14H10N4/c15-9-12-13-6-1-2-7-18(13)14(17-12)10-4-3-5-11(16)8-10/h1-8H,16H2. The van der Waals surface area contributed by atoms with E-state index in [9.17, 15) is 0 Å². The molecule has 2 N–H and O–H groups in total. The lowest BCUT2D eigenvalue weighted by Crippen LogP contribution is -1.90. The molecule has 0 saturated heterocycles. The second-order valence-electron chi connectivity index (χ2n) is 3.98. The predicted octanol–water partition coefficient (Wildman–Crippen LogP) is 2.46. The summed E-state index contributed by atoms with van der Waals surface area (Å²) < 4.78 is 1.90. The van der Waals surface area contributed by atoms with Gasteiger partial charge in [-0.1, -0.05) is 18.2 Å². The molecule has 0 bridgehead atoms. The average molecular weight is 234 g/mol. The molecular weight excluding hydrogens is 224 g/mol. The van der Waals surface area contributed by atoms with Crippen LogP contribution in [0.4, 0.5) is 5.69 Å². The van der Waals surface area contributed by atoms with E-state index < -0.39 is 0 Å². The second kappa shape index (κ2) is 3.90. The zero-order valence-corrected chi connectivity index (χ0v) is 9.54. The molecule has 0 aliphatic carbocycles. The van der Waals surface area contributed by atoms with Gasteiger partial charge in [0.2, 0.25) is 0 Å². The minimum absolute atomic E-state index is 0.424. The van der Waals surface area contributed by atoms with Gasteiger partial charge in [0, 0.05) is 17.4 Å². The molecule has 0 atom stereocenters. The molecule has 18 heavy (non-hydrogen) atoms. The van der Waals surface area contributed by atoms with Crippen LogP contribution in [0.25, 0.3) is 16.9 Å². The normalized spacial score (nSPS) is 10.4. The number of fused-ring (bicyclic) bond motifs is 1. The Morgan fingerprint density at radius 3 is 2.83 bits per heavy atom. The molecule has 2 aromatic heterocycles. The number of rotatable bonds is 1. The number of pyridine rings is 1. The van der Waals surface area contributed by atoms with Crippen LogP contribution in [0.15, 0.2) is 48.7 Å². The van der Waals surface area contributed by atoms with Crippen LogP contribution in [0.5, 0.6) is 0 Å².